The minimum Gasteiger partial charge on any atom is -0.390 e. The third-order valence-corrected chi connectivity index (χ3v) is 7.44. The topological polar surface area (TPSA) is 101 Å². The lowest BCUT2D eigenvalue weighted by Gasteiger charge is -2.36. The van der Waals surface area contributed by atoms with Gasteiger partial charge in [0.05, 0.1) is 23.0 Å². The largest absolute Gasteiger partial charge is 0.390 e. The molecule has 2 saturated carbocycles. The van der Waals surface area contributed by atoms with Gasteiger partial charge in [-0.1, -0.05) is 0 Å². The van der Waals surface area contributed by atoms with Crippen LogP contribution in [-0.4, -0.2) is 59.9 Å². The van der Waals surface area contributed by atoms with Gasteiger partial charge in [-0.2, -0.15) is 8.78 Å². The summed E-state index contributed by atoms with van der Waals surface area (Å²) in [6.45, 7) is 0. The van der Waals surface area contributed by atoms with Gasteiger partial charge in [0.25, 0.3) is 0 Å². The molecular formula is C26H36F2N5O3+. The maximum atomic E-state index is 13.2. The van der Waals surface area contributed by atoms with E-state index in [1.54, 1.807) is 0 Å². The number of hydrogen-bond donors (Lipinski definition) is 5. The van der Waals surface area contributed by atoms with Crippen molar-refractivity contribution in [3.8, 4) is 0 Å². The molecule has 36 heavy (non-hydrogen) atoms. The molecule has 2 fully saturated rings. The normalized spacial score (nSPS) is 27.5. The molecule has 0 aliphatic heterocycles. The Morgan fingerprint density at radius 1 is 1.22 bits per heavy atom. The molecule has 1 aromatic rings. The van der Waals surface area contributed by atoms with E-state index in [9.17, 15) is 23.9 Å². The molecule has 1 heterocycles. The number of aliphatic hydroxyl groups is 1. The molecule has 0 saturated heterocycles. The number of alkyl halides is 2. The second-order valence-electron chi connectivity index (χ2n) is 10.1. The Bertz CT molecular complexity index is 1070. The van der Waals surface area contributed by atoms with Crippen molar-refractivity contribution in [1.82, 2.24) is 20.9 Å². The Morgan fingerprint density at radius 3 is 2.50 bits per heavy atom. The van der Waals surface area contributed by atoms with Crippen molar-refractivity contribution < 1.29 is 28.6 Å². The molecule has 0 spiro atoms. The first-order valence-electron chi connectivity index (χ1n) is 12.4. The molecule has 10 heteroatoms. The first-order chi connectivity index (χ1) is 17.1. The predicted molar refractivity (Wildman–Crippen MR) is 130 cm³/mol. The maximum Gasteiger partial charge on any atom is 0.325 e. The number of pyridine rings is 1. The highest BCUT2D eigenvalue weighted by Gasteiger charge is 2.45. The molecule has 0 radical (unpaired) electrons. The Balaban J connectivity index is 1.52. The molecule has 1 aromatic heterocycles. The molecule has 196 valence electrons. The van der Waals surface area contributed by atoms with Gasteiger partial charge >= 0.3 is 23.7 Å². The molecule has 8 nitrogen and oxygen atoms in total. The van der Waals surface area contributed by atoms with Crippen molar-refractivity contribution in [2.24, 2.45) is 5.92 Å². The highest BCUT2D eigenvalue weighted by molar-refractivity contribution is 5.92. The molecule has 1 amide bonds. The quantitative estimate of drug-likeness (QED) is 0.275. The molecular weight excluding hydrogens is 468 g/mol. The number of rotatable bonds is 8. The molecule has 3 aliphatic carbocycles. The van der Waals surface area contributed by atoms with E-state index < -0.39 is 23.6 Å². The van der Waals surface area contributed by atoms with Gasteiger partial charge < -0.3 is 26.0 Å². The fourth-order valence-electron chi connectivity index (χ4n) is 5.11. The number of likely N-dealkylation sites (N-methyl/N-ethyl adjacent to an activating group) is 2. The van der Waals surface area contributed by atoms with Crippen LogP contribution >= 0.6 is 0 Å². The van der Waals surface area contributed by atoms with Gasteiger partial charge in [-0.15, -0.1) is 0 Å². The van der Waals surface area contributed by atoms with E-state index in [-0.39, 0.29) is 22.5 Å². The highest BCUT2D eigenvalue weighted by atomic mass is 19.3. The lowest BCUT2D eigenvalue weighted by atomic mass is 9.79. The third-order valence-electron chi connectivity index (χ3n) is 7.44. The van der Waals surface area contributed by atoms with Crippen LogP contribution in [0.2, 0.25) is 0 Å². The summed E-state index contributed by atoms with van der Waals surface area (Å²) in [5, 5.41) is 30.5. The number of aromatic nitrogens is 1. The number of hydrogen-bond acceptors (Lipinski definition) is 6. The van der Waals surface area contributed by atoms with Crippen molar-refractivity contribution >= 4 is 5.91 Å². The van der Waals surface area contributed by atoms with Crippen LogP contribution in [0.1, 0.15) is 61.1 Å². The molecule has 0 bridgehead atoms. The van der Waals surface area contributed by atoms with Gasteiger partial charge in [0.1, 0.15) is 0 Å². The predicted octanol–water partition coefficient (Wildman–Crippen LogP) is 2.37. The van der Waals surface area contributed by atoms with Crippen LogP contribution in [-0.2, 0) is 0 Å². The first kappa shape index (κ1) is 26.1. The summed E-state index contributed by atoms with van der Waals surface area (Å²) < 4.78 is 26.6. The molecule has 5 N–H and O–H groups in total. The Hall–Kier alpha value is -2.98. The fourth-order valence-corrected chi connectivity index (χ4v) is 5.11. The van der Waals surface area contributed by atoms with E-state index in [0.717, 1.165) is 55.9 Å². The smallest absolute Gasteiger partial charge is 0.325 e. The molecule has 4 rings (SSSR count). The Labute approximate surface area is 210 Å². The van der Waals surface area contributed by atoms with E-state index >= 15 is 0 Å². The number of amides is 1. The zero-order valence-corrected chi connectivity index (χ0v) is 21.0. The summed E-state index contributed by atoms with van der Waals surface area (Å²) in [6, 6.07) is 3.79. The van der Waals surface area contributed by atoms with Crippen LogP contribution in [0, 0.1) is 5.92 Å². The van der Waals surface area contributed by atoms with Crippen LogP contribution in [0.4, 0.5) is 8.78 Å². The van der Waals surface area contributed by atoms with Gasteiger partial charge in [-0.05, 0) is 75.3 Å². The summed E-state index contributed by atoms with van der Waals surface area (Å²) in [4.78, 5) is 14.8. The molecule has 0 aromatic carbocycles. The number of carbonyl (C=O) groups is 1. The van der Waals surface area contributed by atoms with Gasteiger partial charge in [-0.25, -0.2) is 0 Å². The van der Waals surface area contributed by atoms with Gasteiger partial charge in [0.2, 0.25) is 0 Å². The van der Waals surface area contributed by atoms with Crippen LogP contribution in [0.25, 0.3) is 0 Å². The second-order valence-corrected chi connectivity index (χ2v) is 10.1. The number of halogens is 2. The third kappa shape index (κ3) is 5.54. The SMILES string of the molecule is CNC1C=C(N(C)C)C(NC(=O)c2cccc(C(F)F)[n+]2O)=C/C1=C/NC1CCC(O)(C2CC2)CC1. The van der Waals surface area contributed by atoms with Gasteiger partial charge in [0, 0.05) is 43.2 Å². The van der Waals surface area contributed by atoms with Crippen molar-refractivity contribution in [3.63, 3.8) is 0 Å². The fraction of sp³-hybridized carbons (Fsp3) is 0.538. The monoisotopic (exact) mass is 504 g/mol. The van der Waals surface area contributed by atoms with Crippen LogP contribution in [0.5, 0.6) is 0 Å². The van der Waals surface area contributed by atoms with E-state index in [0.29, 0.717) is 11.6 Å². The molecule has 1 atom stereocenters. The van der Waals surface area contributed by atoms with Gasteiger partial charge in [0.15, 0.2) is 0 Å². The Morgan fingerprint density at radius 2 is 1.92 bits per heavy atom. The minimum atomic E-state index is -2.93. The zero-order valence-electron chi connectivity index (χ0n) is 21.0. The summed E-state index contributed by atoms with van der Waals surface area (Å²) in [5.74, 6) is -0.243. The zero-order chi connectivity index (χ0) is 26.0. The van der Waals surface area contributed by atoms with E-state index in [1.165, 1.54) is 12.1 Å². The van der Waals surface area contributed by atoms with E-state index in [2.05, 4.69) is 16.0 Å². The summed E-state index contributed by atoms with van der Waals surface area (Å²) >= 11 is 0. The first-order valence-corrected chi connectivity index (χ1v) is 12.4. The number of carbonyl (C=O) groups excluding carboxylic acids is 1. The van der Waals surface area contributed by atoms with E-state index in [4.69, 9.17) is 0 Å². The van der Waals surface area contributed by atoms with Crippen molar-refractivity contribution in [2.75, 3.05) is 21.1 Å². The lowest BCUT2D eigenvalue weighted by molar-refractivity contribution is -0.913. The highest BCUT2D eigenvalue weighted by Crippen LogP contribution is 2.47. The van der Waals surface area contributed by atoms with Crippen molar-refractivity contribution in [2.45, 2.75) is 62.6 Å². The van der Waals surface area contributed by atoms with Crippen LogP contribution < -0.4 is 20.7 Å². The summed E-state index contributed by atoms with van der Waals surface area (Å²) in [6.07, 6.45) is 8.47. The minimum absolute atomic E-state index is 0.118. The number of nitrogens with one attached hydrogen (secondary N) is 3. The number of nitrogens with zero attached hydrogens (tertiary/aromatic N) is 2. The van der Waals surface area contributed by atoms with Crippen LogP contribution in [0.3, 0.4) is 0 Å². The molecule has 1 unspecified atom stereocenters. The summed E-state index contributed by atoms with van der Waals surface area (Å²) in [5.41, 5.74) is 0.649. The second kappa shape index (κ2) is 10.6. The van der Waals surface area contributed by atoms with Crippen molar-refractivity contribution in [1.29, 1.82) is 0 Å². The average molecular weight is 505 g/mol. The van der Waals surface area contributed by atoms with Gasteiger partial charge in [-0.3, -0.25) is 10.0 Å². The summed E-state index contributed by atoms with van der Waals surface area (Å²) in [7, 11) is 5.54. The Kier molecular flexibility index (Phi) is 7.65. The lowest BCUT2D eigenvalue weighted by Crippen LogP contribution is -2.45. The van der Waals surface area contributed by atoms with E-state index in [1.807, 2.05) is 44.4 Å². The standard InChI is InChI=1S/C26H35F2N5O3/c1-29-19-14-23(32(2)3)20(31-25(34)22-6-4-5-21(24(27)28)33(22)36)13-16(19)15-30-18-9-11-26(35,12-10-18)17-7-8-17/h4-6,13-15,17-19,24,29,34-36H,7-12H2,1-3H3/p+1. The van der Waals surface area contributed by atoms with Crippen LogP contribution in [0.15, 0.2) is 53.5 Å². The maximum absolute atomic E-state index is 13.2. The average Bonchev–Trinajstić information content (AvgIpc) is 3.70. The van der Waals surface area contributed by atoms with Crippen molar-refractivity contribution in [3.05, 3.63) is 64.9 Å². The molecule has 3 aliphatic rings.